The Kier molecular flexibility index (Phi) is 2.18. The molecular weight excluding hydrogens is 200 g/mol. The maximum atomic E-state index is 2.27. The fraction of sp³-hybridized carbons (Fsp3) is 0.143. The van der Waals surface area contributed by atoms with E-state index in [0.29, 0.717) is 0 Å². The maximum absolute atomic E-state index is 2.27. The van der Waals surface area contributed by atoms with Crippen LogP contribution in [0.1, 0.15) is 24.0 Å². The molecule has 0 amide bonds. The molecule has 15 heavy (non-hydrogen) atoms. The molecule has 0 radical (unpaired) electrons. The zero-order valence-corrected chi connectivity index (χ0v) is 9.26. The minimum Gasteiger partial charge on any atom is -0.151 e. The highest BCUT2D eigenvalue weighted by atomic mass is 32.1. The Labute approximate surface area is 94.0 Å². The molecule has 0 fully saturated rings. The lowest BCUT2D eigenvalue weighted by atomic mass is 9.98. The second-order valence-corrected chi connectivity index (χ2v) is 4.59. The van der Waals surface area contributed by atoms with Crippen LogP contribution in [-0.2, 0) is 0 Å². The average Bonchev–Trinajstić information content (AvgIpc) is 3.01. The highest BCUT2D eigenvalue weighted by Gasteiger charge is 2.13. The largest absolute Gasteiger partial charge is 0.151 e. The molecule has 2 aliphatic rings. The van der Waals surface area contributed by atoms with Gasteiger partial charge in [-0.25, -0.2) is 0 Å². The minimum atomic E-state index is 1.09. The molecule has 0 nitrogen and oxygen atoms in total. The van der Waals surface area contributed by atoms with Crippen molar-refractivity contribution in [2.24, 2.45) is 0 Å². The Morgan fingerprint density at radius 1 is 0.800 bits per heavy atom. The van der Waals surface area contributed by atoms with E-state index in [4.69, 9.17) is 0 Å². The van der Waals surface area contributed by atoms with E-state index >= 15 is 0 Å². The van der Waals surface area contributed by atoms with Gasteiger partial charge in [-0.05, 0) is 45.9 Å². The maximum Gasteiger partial charge on any atom is -0.00115 e. The zero-order valence-electron chi connectivity index (χ0n) is 8.44. The number of hydrogen-bond acceptors (Lipinski definition) is 1. The first kappa shape index (κ1) is 8.93. The SMILES string of the molecule is C1=CCC(c2cscc2C2=CC=CC2)=C1. The first-order chi connectivity index (χ1) is 7.45. The van der Waals surface area contributed by atoms with Crippen molar-refractivity contribution >= 4 is 22.5 Å². The van der Waals surface area contributed by atoms with Crippen molar-refractivity contribution in [2.45, 2.75) is 12.8 Å². The van der Waals surface area contributed by atoms with Crippen LogP contribution in [0.25, 0.3) is 11.1 Å². The molecule has 0 N–H and O–H groups in total. The van der Waals surface area contributed by atoms with Gasteiger partial charge in [0.15, 0.2) is 0 Å². The third-order valence-electron chi connectivity index (χ3n) is 2.90. The Balaban J connectivity index is 1.99. The van der Waals surface area contributed by atoms with Crippen molar-refractivity contribution < 1.29 is 0 Å². The second-order valence-electron chi connectivity index (χ2n) is 3.85. The summed E-state index contributed by atoms with van der Waals surface area (Å²) in [5.41, 5.74) is 5.78. The predicted octanol–water partition coefficient (Wildman–Crippen LogP) is 4.43. The quantitative estimate of drug-likeness (QED) is 0.680. The summed E-state index contributed by atoms with van der Waals surface area (Å²) in [5, 5.41) is 4.54. The van der Waals surface area contributed by atoms with Gasteiger partial charge in [0.05, 0.1) is 0 Å². The van der Waals surface area contributed by atoms with Crippen molar-refractivity contribution in [1.82, 2.24) is 0 Å². The summed E-state index contributed by atoms with van der Waals surface area (Å²) in [5.74, 6) is 0. The van der Waals surface area contributed by atoms with Gasteiger partial charge in [-0.2, -0.15) is 11.3 Å². The molecule has 74 valence electrons. The highest BCUT2D eigenvalue weighted by Crippen LogP contribution is 2.35. The van der Waals surface area contributed by atoms with E-state index < -0.39 is 0 Å². The molecule has 0 bridgehead atoms. The van der Waals surface area contributed by atoms with Crippen LogP contribution in [0.5, 0.6) is 0 Å². The topological polar surface area (TPSA) is 0 Å². The van der Waals surface area contributed by atoms with Crippen LogP contribution in [0.2, 0.25) is 0 Å². The van der Waals surface area contributed by atoms with Crippen molar-refractivity contribution in [3.8, 4) is 0 Å². The van der Waals surface area contributed by atoms with Gasteiger partial charge in [0.2, 0.25) is 0 Å². The van der Waals surface area contributed by atoms with Gasteiger partial charge < -0.3 is 0 Å². The summed E-state index contributed by atoms with van der Waals surface area (Å²) in [6.07, 6.45) is 15.4. The lowest BCUT2D eigenvalue weighted by molar-refractivity contribution is 1.40. The third-order valence-corrected chi connectivity index (χ3v) is 3.64. The molecule has 0 spiro atoms. The van der Waals surface area contributed by atoms with E-state index in [0.717, 1.165) is 12.8 Å². The smallest absolute Gasteiger partial charge is 0.00115 e. The molecule has 1 aromatic rings. The second kappa shape index (κ2) is 3.67. The molecule has 0 aromatic carbocycles. The van der Waals surface area contributed by atoms with Crippen LogP contribution in [0.4, 0.5) is 0 Å². The summed E-state index contributed by atoms with van der Waals surface area (Å²) in [7, 11) is 0. The van der Waals surface area contributed by atoms with E-state index in [2.05, 4.69) is 47.2 Å². The molecule has 0 saturated heterocycles. The fourth-order valence-corrected chi connectivity index (χ4v) is 2.99. The molecule has 2 aliphatic carbocycles. The summed E-state index contributed by atoms with van der Waals surface area (Å²) in [6, 6.07) is 0. The van der Waals surface area contributed by atoms with Crippen molar-refractivity contribution in [1.29, 1.82) is 0 Å². The van der Waals surface area contributed by atoms with Gasteiger partial charge in [-0.3, -0.25) is 0 Å². The first-order valence-electron chi connectivity index (χ1n) is 5.23. The van der Waals surface area contributed by atoms with E-state index in [-0.39, 0.29) is 0 Å². The molecule has 3 rings (SSSR count). The average molecular weight is 212 g/mol. The summed E-state index contributed by atoms with van der Waals surface area (Å²) in [6.45, 7) is 0. The van der Waals surface area contributed by atoms with Gasteiger partial charge in [0.1, 0.15) is 0 Å². The lowest BCUT2D eigenvalue weighted by Crippen LogP contribution is -1.85. The number of thiophene rings is 1. The third kappa shape index (κ3) is 1.53. The van der Waals surface area contributed by atoms with Gasteiger partial charge in [-0.1, -0.05) is 36.5 Å². The Bertz CT molecular complexity index is 451. The van der Waals surface area contributed by atoms with Gasteiger partial charge in [-0.15, -0.1) is 0 Å². The fourth-order valence-electron chi connectivity index (χ4n) is 2.09. The lowest BCUT2D eigenvalue weighted by Gasteiger charge is -2.05. The zero-order chi connectivity index (χ0) is 10.1. The monoisotopic (exact) mass is 212 g/mol. The van der Waals surface area contributed by atoms with E-state index in [9.17, 15) is 0 Å². The van der Waals surface area contributed by atoms with Crippen LogP contribution in [0.3, 0.4) is 0 Å². The first-order valence-corrected chi connectivity index (χ1v) is 6.18. The molecular formula is C14H12S. The van der Waals surface area contributed by atoms with Gasteiger partial charge in [0.25, 0.3) is 0 Å². The van der Waals surface area contributed by atoms with Crippen molar-refractivity contribution in [2.75, 3.05) is 0 Å². The standard InChI is InChI=1S/C14H12S/c1-2-6-11(5-1)13-9-15-10-14(13)12-7-3-4-8-12/h1-5,7,9-10H,6,8H2. The normalized spacial score (nSPS) is 18.4. The van der Waals surface area contributed by atoms with Gasteiger partial charge in [0, 0.05) is 0 Å². The van der Waals surface area contributed by atoms with E-state index in [1.807, 2.05) is 0 Å². The summed E-state index contributed by atoms with van der Waals surface area (Å²) < 4.78 is 0. The molecule has 1 heteroatoms. The summed E-state index contributed by atoms with van der Waals surface area (Å²) >= 11 is 1.80. The van der Waals surface area contributed by atoms with Crippen LogP contribution in [0, 0.1) is 0 Å². The van der Waals surface area contributed by atoms with Gasteiger partial charge >= 0.3 is 0 Å². The molecule has 1 aromatic heterocycles. The van der Waals surface area contributed by atoms with Crippen LogP contribution < -0.4 is 0 Å². The molecule has 0 atom stereocenters. The Morgan fingerprint density at radius 2 is 1.33 bits per heavy atom. The van der Waals surface area contributed by atoms with Crippen molar-refractivity contribution in [3.63, 3.8) is 0 Å². The Hall–Kier alpha value is -1.34. The van der Waals surface area contributed by atoms with E-state index in [1.165, 1.54) is 22.3 Å². The van der Waals surface area contributed by atoms with Crippen molar-refractivity contribution in [3.05, 3.63) is 58.3 Å². The number of rotatable bonds is 2. The van der Waals surface area contributed by atoms with Crippen LogP contribution >= 0.6 is 11.3 Å². The molecule has 0 unspecified atom stereocenters. The Morgan fingerprint density at radius 3 is 1.73 bits per heavy atom. The molecule has 0 aliphatic heterocycles. The van der Waals surface area contributed by atoms with E-state index in [1.54, 1.807) is 11.3 Å². The highest BCUT2D eigenvalue weighted by molar-refractivity contribution is 7.08. The molecule has 0 saturated carbocycles. The summed E-state index contributed by atoms with van der Waals surface area (Å²) in [4.78, 5) is 0. The van der Waals surface area contributed by atoms with Crippen LogP contribution in [-0.4, -0.2) is 0 Å². The minimum absolute atomic E-state index is 1.09. The number of hydrogen-bond donors (Lipinski definition) is 0. The predicted molar refractivity (Wildman–Crippen MR) is 67.8 cm³/mol. The number of allylic oxidation sites excluding steroid dienone is 8. The molecule has 1 heterocycles. The van der Waals surface area contributed by atoms with Crippen LogP contribution in [0.15, 0.2) is 47.2 Å².